The van der Waals surface area contributed by atoms with Crippen LogP contribution in [0.2, 0.25) is 0 Å². The van der Waals surface area contributed by atoms with Crippen molar-refractivity contribution in [1.82, 2.24) is 10.2 Å². The van der Waals surface area contributed by atoms with Crippen molar-refractivity contribution < 1.29 is 9.53 Å². The van der Waals surface area contributed by atoms with Gasteiger partial charge in [-0.1, -0.05) is 44.2 Å². The maximum Gasteiger partial charge on any atom is 0.266 e. The van der Waals surface area contributed by atoms with E-state index in [2.05, 4.69) is 36.3 Å². The maximum absolute atomic E-state index is 12.2. The van der Waals surface area contributed by atoms with Crippen molar-refractivity contribution in [2.45, 2.75) is 58.0 Å². The van der Waals surface area contributed by atoms with Crippen LogP contribution in [0.5, 0.6) is 5.75 Å². The van der Waals surface area contributed by atoms with Gasteiger partial charge in [-0.2, -0.15) is 0 Å². The molecule has 2 aromatic rings. The Balaban J connectivity index is 1.57. The fourth-order valence-electron chi connectivity index (χ4n) is 2.28. The number of rotatable bonds is 5. The van der Waals surface area contributed by atoms with E-state index in [9.17, 15) is 4.79 Å². The van der Waals surface area contributed by atoms with Crippen molar-refractivity contribution in [3.63, 3.8) is 0 Å². The number of hydrogen-bond acceptors (Lipinski definition) is 5. The molecule has 1 amide bonds. The fraction of sp³-hybridized carbons (Fsp3) is 0.500. The zero-order chi connectivity index (χ0) is 17.3. The summed E-state index contributed by atoms with van der Waals surface area (Å²) in [7, 11) is 0. The minimum atomic E-state index is -0.598. The zero-order valence-corrected chi connectivity index (χ0v) is 15.3. The lowest BCUT2D eigenvalue weighted by Crippen LogP contribution is -2.30. The summed E-state index contributed by atoms with van der Waals surface area (Å²) in [5.41, 5.74) is 1.33. The molecular weight excluding hydrogens is 322 g/mol. The number of nitrogens with one attached hydrogen (secondary N) is 1. The second-order valence-electron chi connectivity index (χ2n) is 7.24. The molecule has 5 nitrogen and oxygen atoms in total. The second kappa shape index (κ2) is 6.51. The van der Waals surface area contributed by atoms with E-state index < -0.39 is 6.10 Å². The zero-order valence-electron chi connectivity index (χ0n) is 14.5. The van der Waals surface area contributed by atoms with Crippen LogP contribution in [0, 0.1) is 0 Å². The molecule has 6 heteroatoms. The third kappa shape index (κ3) is 4.12. The second-order valence-corrected chi connectivity index (χ2v) is 8.25. The lowest BCUT2D eigenvalue weighted by atomic mass is 9.87. The predicted octanol–water partition coefficient (Wildman–Crippen LogP) is 4.12. The Morgan fingerprint density at radius 3 is 2.50 bits per heavy atom. The molecule has 1 heterocycles. The molecule has 1 N–H and O–H groups in total. The van der Waals surface area contributed by atoms with Gasteiger partial charge in [0.25, 0.3) is 5.91 Å². The van der Waals surface area contributed by atoms with Crippen LogP contribution in [0.4, 0.5) is 5.13 Å². The molecule has 128 valence electrons. The Hall–Kier alpha value is -1.95. The Kier molecular flexibility index (Phi) is 4.58. The lowest BCUT2D eigenvalue weighted by Gasteiger charge is -2.20. The van der Waals surface area contributed by atoms with Gasteiger partial charge < -0.3 is 4.74 Å². The predicted molar refractivity (Wildman–Crippen MR) is 95.7 cm³/mol. The monoisotopic (exact) mass is 345 g/mol. The van der Waals surface area contributed by atoms with E-state index in [0.29, 0.717) is 16.8 Å². The highest BCUT2D eigenvalue weighted by atomic mass is 32.1. The third-order valence-electron chi connectivity index (χ3n) is 4.00. The van der Waals surface area contributed by atoms with Crippen molar-refractivity contribution in [2.75, 3.05) is 5.32 Å². The minimum absolute atomic E-state index is 0.0959. The Morgan fingerprint density at radius 2 is 1.92 bits per heavy atom. The van der Waals surface area contributed by atoms with Crippen LogP contribution in [0.3, 0.4) is 0 Å². The first kappa shape index (κ1) is 16.9. The Bertz CT molecular complexity index is 715. The number of aromatic nitrogens is 2. The summed E-state index contributed by atoms with van der Waals surface area (Å²) in [6.45, 7) is 8.22. The van der Waals surface area contributed by atoms with Crippen LogP contribution < -0.4 is 10.1 Å². The number of ether oxygens (including phenoxy) is 1. The fourth-order valence-corrected chi connectivity index (χ4v) is 3.19. The molecule has 1 aromatic carbocycles. The quantitative estimate of drug-likeness (QED) is 0.885. The van der Waals surface area contributed by atoms with Gasteiger partial charge in [0.1, 0.15) is 10.8 Å². The smallest absolute Gasteiger partial charge is 0.266 e. The maximum atomic E-state index is 12.2. The van der Waals surface area contributed by atoms with E-state index >= 15 is 0 Å². The van der Waals surface area contributed by atoms with Crippen molar-refractivity contribution in [1.29, 1.82) is 0 Å². The third-order valence-corrected chi connectivity index (χ3v) is 5.00. The van der Waals surface area contributed by atoms with E-state index in [1.807, 2.05) is 24.3 Å². The highest BCUT2D eigenvalue weighted by molar-refractivity contribution is 7.15. The Morgan fingerprint density at radius 1 is 1.25 bits per heavy atom. The van der Waals surface area contributed by atoms with Gasteiger partial charge in [-0.3, -0.25) is 10.1 Å². The summed E-state index contributed by atoms with van der Waals surface area (Å²) in [6.07, 6.45) is 1.75. The number of nitrogens with zero attached hydrogens (tertiary/aromatic N) is 2. The minimum Gasteiger partial charge on any atom is -0.481 e. The van der Waals surface area contributed by atoms with E-state index in [1.165, 1.54) is 29.7 Å². The molecule has 24 heavy (non-hydrogen) atoms. The molecule has 3 rings (SSSR count). The van der Waals surface area contributed by atoms with Crippen molar-refractivity contribution in [3.8, 4) is 5.75 Å². The van der Waals surface area contributed by atoms with E-state index in [-0.39, 0.29) is 11.3 Å². The number of amides is 1. The molecule has 1 aromatic heterocycles. The van der Waals surface area contributed by atoms with Crippen LogP contribution in [0.15, 0.2) is 24.3 Å². The van der Waals surface area contributed by atoms with Crippen LogP contribution in [0.1, 0.15) is 57.0 Å². The van der Waals surface area contributed by atoms with Gasteiger partial charge in [0.15, 0.2) is 6.10 Å². The molecule has 1 aliphatic carbocycles. The van der Waals surface area contributed by atoms with Crippen LogP contribution in [0.25, 0.3) is 0 Å². The molecule has 0 aliphatic heterocycles. The number of hydrogen-bond donors (Lipinski definition) is 1. The molecule has 0 saturated heterocycles. The molecule has 1 fully saturated rings. The number of anilines is 1. The number of carbonyl (C=O) groups is 1. The number of carbonyl (C=O) groups excluding carboxylic acids is 1. The topological polar surface area (TPSA) is 64.1 Å². The summed E-state index contributed by atoms with van der Waals surface area (Å²) >= 11 is 1.45. The standard InChI is InChI=1S/C18H23N3O2S/c1-11(23-14-9-7-13(8-10-14)18(2,3)4)15(22)19-17-21-20-16(24-17)12-5-6-12/h7-12H,5-6H2,1-4H3,(H,19,21,22)/t11-/m1/s1. The summed E-state index contributed by atoms with van der Waals surface area (Å²) in [5, 5.41) is 12.5. The average molecular weight is 345 g/mol. The largest absolute Gasteiger partial charge is 0.481 e. The van der Waals surface area contributed by atoms with E-state index in [1.54, 1.807) is 6.92 Å². The molecule has 0 spiro atoms. The first-order chi connectivity index (χ1) is 11.3. The molecule has 0 bridgehead atoms. The molecule has 0 radical (unpaired) electrons. The summed E-state index contributed by atoms with van der Waals surface area (Å²) < 4.78 is 5.73. The molecule has 1 aliphatic rings. The average Bonchev–Trinajstić information content (AvgIpc) is 3.27. The normalized spacial score (nSPS) is 15.8. The van der Waals surface area contributed by atoms with Crippen LogP contribution in [-0.4, -0.2) is 22.2 Å². The van der Waals surface area contributed by atoms with Gasteiger partial charge in [0.2, 0.25) is 5.13 Å². The molecule has 1 atom stereocenters. The van der Waals surface area contributed by atoms with Gasteiger partial charge >= 0.3 is 0 Å². The van der Waals surface area contributed by atoms with Gasteiger partial charge in [-0.15, -0.1) is 10.2 Å². The Labute approximate surface area is 146 Å². The van der Waals surface area contributed by atoms with Gasteiger partial charge in [0, 0.05) is 5.92 Å². The highest BCUT2D eigenvalue weighted by Crippen LogP contribution is 2.42. The van der Waals surface area contributed by atoms with E-state index in [0.717, 1.165) is 5.01 Å². The van der Waals surface area contributed by atoms with Crippen LogP contribution >= 0.6 is 11.3 Å². The van der Waals surface area contributed by atoms with Gasteiger partial charge in [-0.05, 0) is 42.9 Å². The summed E-state index contributed by atoms with van der Waals surface area (Å²) in [5.74, 6) is 1.01. The first-order valence-corrected chi connectivity index (χ1v) is 9.06. The lowest BCUT2D eigenvalue weighted by molar-refractivity contribution is -0.122. The van der Waals surface area contributed by atoms with Gasteiger partial charge in [0.05, 0.1) is 0 Å². The highest BCUT2D eigenvalue weighted by Gasteiger charge is 2.28. The van der Waals surface area contributed by atoms with Crippen molar-refractivity contribution in [3.05, 3.63) is 34.8 Å². The van der Waals surface area contributed by atoms with Crippen LogP contribution in [-0.2, 0) is 10.2 Å². The number of benzene rings is 1. The SMILES string of the molecule is C[C@@H](Oc1ccc(C(C)(C)C)cc1)C(=O)Nc1nnc(C2CC2)s1. The van der Waals surface area contributed by atoms with E-state index in [4.69, 9.17) is 4.74 Å². The van der Waals surface area contributed by atoms with Gasteiger partial charge in [-0.25, -0.2) is 0 Å². The molecule has 1 saturated carbocycles. The first-order valence-electron chi connectivity index (χ1n) is 8.24. The molecule has 0 unspecified atom stereocenters. The molecular formula is C18H23N3O2S. The summed E-state index contributed by atoms with van der Waals surface area (Å²) in [6, 6.07) is 7.88. The van der Waals surface area contributed by atoms with Crippen molar-refractivity contribution >= 4 is 22.4 Å². The van der Waals surface area contributed by atoms with Crippen molar-refractivity contribution in [2.24, 2.45) is 0 Å². The summed E-state index contributed by atoms with van der Waals surface area (Å²) in [4.78, 5) is 12.2.